The van der Waals surface area contributed by atoms with Crippen LogP contribution < -0.4 is 0 Å². The molecule has 0 N–H and O–H groups in total. The van der Waals surface area contributed by atoms with Gasteiger partial charge < -0.3 is 4.90 Å². The van der Waals surface area contributed by atoms with Gasteiger partial charge in [-0.1, -0.05) is 58.0 Å². The molecule has 1 rings (SSSR count). The van der Waals surface area contributed by atoms with Crippen LogP contribution in [0.1, 0.15) is 38.1 Å². The van der Waals surface area contributed by atoms with E-state index in [9.17, 15) is 4.79 Å². The molecule has 0 aliphatic heterocycles. The summed E-state index contributed by atoms with van der Waals surface area (Å²) in [5.74, 6) is 0.308. The molecule has 0 aliphatic rings. The van der Waals surface area contributed by atoms with Gasteiger partial charge in [0.25, 0.3) is 0 Å². The van der Waals surface area contributed by atoms with E-state index in [0.717, 1.165) is 5.56 Å². The summed E-state index contributed by atoms with van der Waals surface area (Å²) in [5.41, 5.74) is 0.808. The van der Waals surface area contributed by atoms with Crippen molar-refractivity contribution in [2.24, 2.45) is 5.92 Å². The first-order valence-electron chi connectivity index (χ1n) is 6.15. The summed E-state index contributed by atoms with van der Waals surface area (Å²) in [7, 11) is 6.00. The van der Waals surface area contributed by atoms with Gasteiger partial charge in [0.15, 0.2) is 5.78 Å². The van der Waals surface area contributed by atoms with E-state index in [1.807, 2.05) is 84.1 Å². The van der Waals surface area contributed by atoms with Crippen LogP contribution >= 0.6 is 0 Å². The normalized spacial score (nSPS) is 9.00. The molecule has 17 heavy (non-hydrogen) atoms. The second kappa shape index (κ2) is 11.3. The lowest BCUT2D eigenvalue weighted by atomic mass is 10.0. The van der Waals surface area contributed by atoms with Crippen molar-refractivity contribution in [3.05, 3.63) is 35.9 Å². The molecule has 98 valence electrons. The zero-order valence-electron chi connectivity index (χ0n) is 12.3. The fourth-order valence-electron chi connectivity index (χ4n) is 0.936. The van der Waals surface area contributed by atoms with Crippen molar-refractivity contribution in [1.82, 2.24) is 4.90 Å². The molecule has 0 radical (unpaired) electrons. The van der Waals surface area contributed by atoms with Gasteiger partial charge in [-0.2, -0.15) is 0 Å². The van der Waals surface area contributed by atoms with Crippen LogP contribution in [-0.4, -0.2) is 31.8 Å². The Morgan fingerprint density at radius 2 is 1.35 bits per heavy atom. The summed E-state index contributed by atoms with van der Waals surface area (Å²) in [5, 5.41) is 0. The Hall–Kier alpha value is -1.15. The molecule has 0 atom stereocenters. The van der Waals surface area contributed by atoms with Crippen LogP contribution in [0, 0.1) is 5.92 Å². The molecule has 0 aromatic heterocycles. The molecule has 2 heteroatoms. The highest BCUT2D eigenvalue weighted by molar-refractivity contribution is 5.97. The first-order chi connectivity index (χ1) is 7.95. The molecule has 0 spiro atoms. The molecule has 1 aromatic carbocycles. The van der Waals surface area contributed by atoms with E-state index < -0.39 is 0 Å². The molecule has 0 aliphatic carbocycles. The molecule has 0 heterocycles. The van der Waals surface area contributed by atoms with Crippen molar-refractivity contribution >= 4 is 5.78 Å². The number of ketones is 1. The largest absolute Gasteiger partial charge is 0.312 e. The maximum Gasteiger partial charge on any atom is 0.165 e. The standard InChI is InChI=1S/C10H12O.C3H9N.C2H6/c1-8(2)10(11)9-6-4-3-5-7-9;1-4(2)3;1-2/h3-8H,1-2H3;1-3H3;1-2H3. The van der Waals surface area contributed by atoms with Crippen molar-refractivity contribution in [3.63, 3.8) is 0 Å². The Balaban J connectivity index is 0. The van der Waals surface area contributed by atoms with Gasteiger partial charge in [0, 0.05) is 11.5 Å². The smallest absolute Gasteiger partial charge is 0.165 e. The summed E-state index contributed by atoms with van der Waals surface area (Å²) >= 11 is 0. The van der Waals surface area contributed by atoms with Gasteiger partial charge in [0.05, 0.1) is 0 Å². The molecule has 0 fully saturated rings. The highest BCUT2D eigenvalue weighted by Crippen LogP contribution is 2.06. The van der Waals surface area contributed by atoms with Crippen LogP contribution in [0.5, 0.6) is 0 Å². The molecule has 0 saturated heterocycles. The van der Waals surface area contributed by atoms with Crippen molar-refractivity contribution in [2.75, 3.05) is 21.1 Å². The van der Waals surface area contributed by atoms with Crippen LogP contribution in [0.4, 0.5) is 0 Å². The van der Waals surface area contributed by atoms with Crippen molar-refractivity contribution in [2.45, 2.75) is 27.7 Å². The van der Waals surface area contributed by atoms with Crippen LogP contribution in [0.3, 0.4) is 0 Å². The lowest BCUT2D eigenvalue weighted by molar-refractivity contribution is 0.0939. The average molecular weight is 237 g/mol. The number of nitrogens with zero attached hydrogens (tertiary/aromatic N) is 1. The fraction of sp³-hybridized carbons (Fsp3) is 0.533. The van der Waals surface area contributed by atoms with E-state index in [1.165, 1.54) is 0 Å². The molecule has 1 aromatic rings. The monoisotopic (exact) mass is 237 g/mol. The van der Waals surface area contributed by atoms with Gasteiger partial charge >= 0.3 is 0 Å². The Bertz CT molecular complexity index is 275. The van der Waals surface area contributed by atoms with Gasteiger partial charge in [-0.15, -0.1) is 0 Å². The molecule has 0 unspecified atom stereocenters. The summed E-state index contributed by atoms with van der Waals surface area (Å²) in [6.45, 7) is 7.82. The van der Waals surface area contributed by atoms with E-state index in [4.69, 9.17) is 0 Å². The predicted octanol–water partition coefficient (Wildman–Crippen LogP) is 3.73. The van der Waals surface area contributed by atoms with Crippen molar-refractivity contribution < 1.29 is 4.79 Å². The predicted molar refractivity (Wildman–Crippen MR) is 76.6 cm³/mol. The van der Waals surface area contributed by atoms with E-state index in [1.54, 1.807) is 0 Å². The molecule has 0 saturated carbocycles. The lowest BCUT2D eigenvalue weighted by Crippen LogP contribution is -2.06. The third-order valence-electron chi connectivity index (χ3n) is 1.58. The van der Waals surface area contributed by atoms with Crippen LogP contribution in [-0.2, 0) is 0 Å². The van der Waals surface area contributed by atoms with Gasteiger partial charge in [-0.25, -0.2) is 0 Å². The Labute approximate surface area is 107 Å². The van der Waals surface area contributed by atoms with Crippen molar-refractivity contribution in [1.29, 1.82) is 0 Å². The number of carbonyl (C=O) groups is 1. The Morgan fingerprint density at radius 3 is 1.65 bits per heavy atom. The Morgan fingerprint density at radius 1 is 1.00 bits per heavy atom. The van der Waals surface area contributed by atoms with E-state index in [-0.39, 0.29) is 11.7 Å². The molecular weight excluding hydrogens is 210 g/mol. The summed E-state index contributed by atoms with van der Waals surface area (Å²) in [4.78, 5) is 13.3. The zero-order valence-corrected chi connectivity index (χ0v) is 12.3. The minimum absolute atomic E-state index is 0.0948. The average Bonchev–Trinajstić information content (AvgIpc) is 2.31. The summed E-state index contributed by atoms with van der Waals surface area (Å²) < 4.78 is 0. The SMILES string of the molecule is CC.CC(C)C(=O)c1ccccc1.CN(C)C. The second-order valence-corrected chi connectivity index (χ2v) is 4.23. The number of hydrogen-bond donors (Lipinski definition) is 0. The number of carbonyl (C=O) groups excluding carboxylic acids is 1. The third kappa shape index (κ3) is 11.1. The Kier molecular flexibility index (Phi) is 12.2. The molecule has 2 nitrogen and oxygen atoms in total. The maximum atomic E-state index is 11.3. The van der Waals surface area contributed by atoms with E-state index in [0.29, 0.717) is 0 Å². The first-order valence-corrected chi connectivity index (χ1v) is 6.15. The topological polar surface area (TPSA) is 20.3 Å². The highest BCUT2D eigenvalue weighted by Gasteiger charge is 2.08. The minimum Gasteiger partial charge on any atom is -0.312 e. The van der Waals surface area contributed by atoms with Crippen LogP contribution in [0.15, 0.2) is 30.3 Å². The highest BCUT2D eigenvalue weighted by atomic mass is 16.1. The minimum atomic E-state index is 0.0948. The number of rotatable bonds is 2. The zero-order chi connectivity index (χ0) is 13.8. The molecule has 0 amide bonds. The second-order valence-electron chi connectivity index (χ2n) is 4.23. The van der Waals surface area contributed by atoms with Gasteiger partial charge in [0.2, 0.25) is 0 Å². The lowest BCUT2D eigenvalue weighted by Gasteiger charge is -2.01. The summed E-state index contributed by atoms with van der Waals surface area (Å²) in [6.07, 6.45) is 0. The quantitative estimate of drug-likeness (QED) is 0.730. The van der Waals surface area contributed by atoms with Gasteiger partial charge in [0.1, 0.15) is 0 Å². The number of Topliss-reactive ketones (excluding diaryl/α,β-unsaturated/α-hetero) is 1. The van der Waals surface area contributed by atoms with Crippen LogP contribution in [0.25, 0.3) is 0 Å². The molecule has 0 bridgehead atoms. The number of hydrogen-bond acceptors (Lipinski definition) is 2. The first kappa shape index (κ1) is 18.2. The number of benzene rings is 1. The van der Waals surface area contributed by atoms with Gasteiger partial charge in [-0.05, 0) is 21.1 Å². The van der Waals surface area contributed by atoms with Crippen LogP contribution in [0.2, 0.25) is 0 Å². The van der Waals surface area contributed by atoms with E-state index in [2.05, 4.69) is 0 Å². The van der Waals surface area contributed by atoms with Crippen molar-refractivity contribution in [3.8, 4) is 0 Å². The molecular formula is C15H27NO. The third-order valence-corrected chi connectivity index (χ3v) is 1.58. The summed E-state index contributed by atoms with van der Waals surface area (Å²) in [6, 6.07) is 9.38. The van der Waals surface area contributed by atoms with Gasteiger partial charge in [-0.3, -0.25) is 4.79 Å². The maximum absolute atomic E-state index is 11.3. The van der Waals surface area contributed by atoms with E-state index >= 15 is 0 Å². The fourth-order valence-corrected chi connectivity index (χ4v) is 0.936.